The molecule has 0 aromatic heterocycles. The van der Waals surface area contributed by atoms with Crippen LogP contribution in [-0.4, -0.2) is 38.7 Å². The first-order valence-corrected chi connectivity index (χ1v) is 38.7. The van der Waals surface area contributed by atoms with Gasteiger partial charge in [0, 0.05) is 0 Å². The minimum atomic E-state index is -7.08. The monoisotopic (exact) mass is 1910 g/mol. The molecule has 0 amide bonds. The fourth-order valence-electron chi connectivity index (χ4n) is 16.1. The molecule has 12 aromatic carbocycles. The number of hydrogen-bond donors (Lipinski definition) is 0. The maximum atomic E-state index is 17.6. The molecule has 8 nitrogen and oxygen atoms in total. The van der Waals surface area contributed by atoms with Crippen molar-refractivity contribution in [2.24, 2.45) is 0 Å². The molecule has 0 radical (unpaired) electrons. The molecule has 4 atom stereocenters. The molecule has 4 saturated heterocycles. The second-order valence-electron chi connectivity index (χ2n) is 30.3. The van der Waals surface area contributed by atoms with Crippen LogP contribution >= 0.6 is 0 Å². The minimum Gasteiger partial charge on any atom is -0.483 e. The lowest BCUT2D eigenvalue weighted by Gasteiger charge is -2.45. The summed E-state index contributed by atoms with van der Waals surface area (Å²) in [6.45, 7) is 7.36. The number of hydrogen-bond acceptors (Lipinski definition) is 8. The van der Waals surface area contributed by atoms with Gasteiger partial charge in [-0.05, 0) is 44.5 Å². The second-order valence-corrected chi connectivity index (χ2v) is 30.3. The third-order valence-electron chi connectivity index (χ3n) is 22.8. The van der Waals surface area contributed by atoms with E-state index < -0.39 is 365 Å². The lowest BCUT2D eigenvalue weighted by molar-refractivity contribution is 0.261. The molecule has 0 aliphatic carbocycles. The molecule has 0 spiro atoms. The Morgan fingerprint density at radius 3 is 0.433 bits per heavy atom. The predicted octanol–water partition coefficient (Wildman–Crippen LogP) is 19.8. The zero-order valence-electron chi connectivity index (χ0n) is 66.9. The summed E-state index contributed by atoms with van der Waals surface area (Å²) >= 11 is 0. The zero-order chi connectivity index (χ0) is 97.1. The number of rotatable bonds is 28. The summed E-state index contributed by atoms with van der Waals surface area (Å²) in [6.07, 6.45) is -15.8. The summed E-state index contributed by atoms with van der Waals surface area (Å²) in [6, 6.07) is 20.9. The Labute approximate surface area is 732 Å². The Hall–Kier alpha value is -13.5. The summed E-state index contributed by atoms with van der Waals surface area (Å²) < 4.78 is 571. The normalized spacial score (nSPS) is 15.8. The Kier molecular flexibility index (Phi) is 25.9. The highest BCUT2D eigenvalue weighted by Crippen LogP contribution is 2.45. The Morgan fingerprint density at radius 2 is 0.321 bits per heavy atom. The molecule has 4 aliphatic rings. The molecule has 12 aromatic rings. The fourth-order valence-corrected chi connectivity index (χ4v) is 16.1. The van der Waals surface area contributed by atoms with Gasteiger partial charge >= 0.3 is 0 Å². The van der Waals surface area contributed by atoms with Crippen molar-refractivity contribution in [1.82, 2.24) is 0 Å². The molecule has 4 heterocycles. The van der Waals surface area contributed by atoms with Crippen LogP contribution in [0.3, 0.4) is 0 Å². The van der Waals surface area contributed by atoms with Gasteiger partial charge in [-0.3, -0.25) is 0 Å². The van der Waals surface area contributed by atoms with Crippen LogP contribution in [0.1, 0.15) is 91.2 Å². The Bertz CT molecular complexity index is 5860. The summed E-state index contributed by atoms with van der Waals surface area (Å²) in [5.74, 6) is -105. The third kappa shape index (κ3) is 15.7. The third-order valence-corrected chi connectivity index (χ3v) is 22.8. The van der Waals surface area contributed by atoms with Crippen molar-refractivity contribution in [2.75, 3.05) is 26.4 Å². The highest BCUT2D eigenvalue weighted by molar-refractivity contribution is 7.21. The number of benzene rings is 12. The maximum absolute atomic E-state index is 17.6. The van der Waals surface area contributed by atoms with Gasteiger partial charge in [0.15, 0.2) is 69.5 Å². The summed E-state index contributed by atoms with van der Waals surface area (Å²) in [5, 5.41) is 0. The van der Waals surface area contributed by atoms with E-state index in [0.29, 0.717) is 22.3 Å². The molecule has 0 saturated carbocycles. The first-order chi connectivity index (χ1) is 63.6. The van der Waals surface area contributed by atoms with Crippen molar-refractivity contribution in [2.45, 2.75) is 50.8 Å². The summed E-state index contributed by atoms with van der Waals surface area (Å²) in [4.78, 5) is 0. The maximum Gasteiger partial charge on any atom is 0.200 e. The standard InChI is InChI=1S/C60H36BF16O4.C32H12BF16O4/c1-5-29-9-17-33(18-10-29)25-78-57-49(70)41(62)37(42(63)50(57)71)61(38-43(64)51(72)58(52(73)44(38)65)79-26-34-19-11-30(6-2)12-20-34,39-45(66)53(74)59(54(75)46(39)67)80-27-35-21-13-31(7-3)14-22-35)40-47(68)55(76)60(56(77)48(40)69)81-28-36-23-15-32(8-4)16-24-36;34-17-9(5-1-50-5)18(35)26(43)13(25(17)42)33(14-27(44)19(36)10(6-2-51-6)20(37)28(14)45,15-29(46)21(38)11(7-3-52-7)22(39)30(15)47)16-31(48)23(40)12(8-4-53-8)24(41)32(16)49/h5-24H,1-4,25-28H2;5-8H,1-4H2/q2*-1. The van der Waals surface area contributed by atoms with E-state index in [4.69, 9.17) is 18.9 Å². The molecule has 42 heteroatoms. The van der Waals surface area contributed by atoms with Crippen molar-refractivity contribution in [3.63, 3.8) is 0 Å². The van der Waals surface area contributed by atoms with Gasteiger partial charge in [0.1, 0.15) is 156 Å². The average molecular weight is 1910 g/mol. The van der Waals surface area contributed by atoms with Gasteiger partial charge in [0.05, 0.1) is 48.7 Å². The summed E-state index contributed by atoms with van der Waals surface area (Å²) in [7, 11) is 0. The zero-order valence-corrected chi connectivity index (χ0v) is 66.9. The van der Waals surface area contributed by atoms with E-state index in [1.807, 2.05) is 0 Å². The highest BCUT2D eigenvalue weighted by Gasteiger charge is 2.57. The van der Waals surface area contributed by atoms with E-state index in [1.54, 1.807) is 0 Å². The molecule has 0 N–H and O–H groups in total. The van der Waals surface area contributed by atoms with Gasteiger partial charge in [0.2, 0.25) is 46.5 Å². The van der Waals surface area contributed by atoms with Crippen molar-refractivity contribution in [1.29, 1.82) is 0 Å². The average Bonchev–Trinajstić information content (AvgIpc) is 0.857. The number of halogens is 32. The van der Waals surface area contributed by atoms with E-state index in [0.717, 1.165) is 0 Å². The first kappa shape index (κ1) is 95.2. The van der Waals surface area contributed by atoms with Gasteiger partial charge in [-0.25, -0.2) is 105 Å². The van der Waals surface area contributed by atoms with Gasteiger partial charge in [-0.2, -0.15) is 35.1 Å². The van der Waals surface area contributed by atoms with Gasteiger partial charge < -0.3 is 37.9 Å². The smallest absolute Gasteiger partial charge is 0.200 e. The largest absolute Gasteiger partial charge is 0.483 e. The van der Waals surface area contributed by atoms with Gasteiger partial charge in [-0.1, -0.05) is 148 Å². The van der Waals surface area contributed by atoms with E-state index in [9.17, 15) is 0 Å². The molecular formula is C92H48B2F32O8-2. The topological polar surface area (TPSA) is 87.0 Å². The van der Waals surface area contributed by atoms with Crippen LogP contribution < -0.4 is 62.6 Å². The van der Waals surface area contributed by atoms with Crippen LogP contribution in [0.2, 0.25) is 0 Å². The van der Waals surface area contributed by atoms with Crippen LogP contribution in [0.4, 0.5) is 140 Å². The SMILES string of the molecule is C=Cc1ccc(COc2c(F)c(F)c([B-](c3c(F)c(F)c(OCc4ccc(C=C)cc4)c(F)c3F)(c3c(F)c(F)c(OCc4ccc(C=C)cc4)c(F)c3F)c3c(F)c(F)c(OCc4ccc(C=C)cc4)c(F)c3F)c(F)c2F)cc1.Fc1c(F)c([B-](c2c(F)c(F)c(C3CO3)c(F)c2F)(c2c(F)c(F)c(C3CO3)c(F)c2F)c2c(F)c(F)c(C3CO3)c(F)c2F)c(F)c(F)c1C1CO1. The number of ether oxygens (including phenoxy) is 8. The van der Waals surface area contributed by atoms with Gasteiger partial charge in [-0.15, -0.1) is 43.7 Å². The predicted molar refractivity (Wildman–Crippen MR) is 417 cm³/mol. The molecule has 16 rings (SSSR count). The first-order valence-electron chi connectivity index (χ1n) is 38.7. The lowest BCUT2D eigenvalue weighted by atomic mass is 9.12. The molecule has 4 aliphatic heterocycles. The molecule has 134 heavy (non-hydrogen) atoms. The molecule has 4 fully saturated rings. The second kappa shape index (κ2) is 36.5. The van der Waals surface area contributed by atoms with E-state index >= 15 is 140 Å². The minimum absolute atomic E-state index is 0.0219. The van der Waals surface area contributed by atoms with E-state index in [2.05, 4.69) is 45.3 Å². The molecule has 696 valence electrons. The van der Waals surface area contributed by atoms with E-state index in [1.165, 1.54) is 121 Å². The highest BCUT2D eigenvalue weighted by atomic mass is 19.2. The molecular weight excluding hydrogens is 1860 g/mol. The van der Waals surface area contributed by atoms with Crippen molar-refractivity contribution in [3.05, 3.63) is 376 Å². The Balaban J connectivity index is 0.000000222. The quantitative estimate of drug-likeness (QED) is 0.0207. The van der Waals surface area contributed by atoms with Crippen LogP contribution in [0, 0.1) is 186 Å². The van der Waals surface area contributed by atoms with Gasteiger partial charge in [0.25, 0.3) is 0 Å². The van der Waals surface area contributed by atoms with Crippen molar-refractivity contribution in [3.8, 4) is 23.0 Å². The molecule has 4 unspecified atom stereocenters. The van der Waals surface area contributed by atoms with Crippen LogP contribution in [-0.2, 0) is 45.4 Å². The van der Waals surface area contributed by atoms with Crippen molar-refractivity contribution >= 4 is 80.3 Å². The summed E-state index contributed by atoms with van der Waals surface area (Å²) in [5.41, 5.74) is -30.0. The van der Waals surface area contributed by atoms with E-state index in [-0.39, 0.29) is 22.3 Å². The lowest BCUT2D eigenvalue weighted by Crippen LogP contribution is -2.81. The molecule has 0 bridgehead atoms. The van der Waals surface area contributed by atoms with Crippen molar-refractivity contribution < 1.29 is 178 Å². The van der Waals surface area contributed by atoms with Crippen LogP contribution in [0.5, 0.6) is 23.0 Å². The van der Waals surface area contributed by atoms with Crippen LogP contribution in [0.15, 0.2) is 123 Å². The van der Waals surface area contributed by atoms with Crippen LogP contribution in [0.25, 0.3) is 24.3 Å². The number of epoxide rings is 4. The fraction of sp³-hybridized carbons (Fsp3) is 0.130. The Morgan fingerprint density at radius 1 is 0.201 bits per heavy atom.